The van der Waals surface area contributed by atoms with Gasteiger partial charge >= 0.3 is 7.60 Å². The van der Waals surface area contributed by atoms with E-state index in [2.05, 4.69) is 5.32 Å². The Hall–Kier alpha value is -1.03. The number of anilines is 1. The van der Waals surface area contributed by atoms with Crippen molar-refractivity contribution in [2.75, 3.05) is 18.5 Å². The first kappa shape index (κ1) is 23.3. The zero-order valence-corrected chi connectivity index (χ0v) is 19.1. The normalized spacial score (nSPS) is 13.1. The second-order valence-electron chi connectivity index (χ2n) is 7.50. The van der Waals surface area contributed by atoms with Crippen LogP contribution in [0.2, 0.25) is 10.0 Å². The molecule has 0 saturated carbocycles. The van der Waals surface area contributed by atoms with Gasteiger partial charge in [0, 0.05) is 21.3 Å². The van der Waals surface area contributed by atoms with Crippen molar-refractivity contribution in [1.29, 1.82) is 0 Å². The van der Waals surface area contributed by atoms with Gasteiger partial charge in [-0.05, 0) is 36.1 Å². The van der Waals surface area contributed by atoms with Crippen LogP contribution in [-0.4, -0.2) is 13.2 Å². The van der Waals surface area contributed by atoms with E-state index < -0.39 is 13.4 Å². The van der Waals surface area contributed by atoms with Gasteiger partial charge in [0.1, 0.15) is 0 Å². The molecule has 0 aliphatic rings. The van der Waals surface area contributed by atoms with Gasteiger partial charge < -0.3 is 14.4 Å². The Labute approximate surface area is 178 Å². The summed E-state index contributed by atoms with van der Waals surface area (Å²) in [6, 6.07) is 14.6. The fourth-order valence-corrected chi connectivity index (χ4v) is 5.29. The SMILES string of the molecule is CC(C)COP(=O)(OCC(C)C)C(Nc1ccccc1)c1ccc(Cl)cc1Cl. The zero-order valence-electron chi connectivity index (χ0n) is 16.7. The molecule has 1 unspecified atom stereocenters. The predicted octanol–water partition coefficient (Wildman–Crippen LogP) is 7.64. The van der Waals surface area contributed by atoms with E-state index in [0.717, 1.165) is 5.69 Å². The molecule has 0 spiro atoms. The Bertz CT molecular complexity index is 783. The van der Waals surface area contributed by atoms with Crippen LogP contribution in [0.25, 0.3) is 0 Å². The van der Waals surface area contributed by atoms with E-state index in [1.807, 2.05) is 58.0 Å². The lowest BCUT2D eigenvalue weighted by Crippen LogP contribution is -2.18. The van der Waals surface area contributed by atoms with E-state index in [4.69, 9.17) is 32.2 Å². The van der Waals surface area contributed by atoms with Gasteiger partial charge in [0.25, 0.3) is 0 Å². The third-order valence-electron chi connectivity index (χ3n) is 3.83. The van der Waals surface area contributed by atoms with E-state index in [1.54, 1.807) is 18.2 Å². The molecule has 0 radical (unpaired) electrons. The highest BCUT2D eigenvalue weighted by molar-refractivity contribution is 7.54. The smallest absolute Gasteiger partial charge is 0.357 e. The lowest BCUT2D eigenvalue weighted by atomic mass is 10.2. The van der Waals surface area contributed by atoms with Gasteiger partial charge in [0.2, 0.25) is 0 Å². The van der Waals surface area contributed by atoms with Gasteiger partial charge in [-0.25, -0.2) is 0 Å². The maximum absolute atomic E-state index is 14.0. The average molecular weight is 444 g/mol. The van der Waals surface area contributed by atoms with Crippen molar-refractivity contribution in [3.8, 4) is 0 Å². The fraction of sp³-hybridized carbons (Fsp3) is 0.429. The van der Waals surface area contributed by atoms with E-state index >= 15 is 0 Å². The molecule has 7 heteroatoms. The minimum absolute atomic E-state index is 0.203. The molecule has 0 aromatic heterocycles. The quantitative estimate of drug-likeness (QED) is 0.383. The summed E-state index contributed by atoms with van der Waals surface area (Å²) in [5.41, 5.74) is 1.41. The van der Waals surface area contributed by atoms with Crippen LogP contribution in [-0.2, 0) is 13.6 Å². The molecule has 2 aromatic carbocycles. The Morgan fingerprint density at radius 3 is 2.00 bits per heavy atom. The highest BCUT2D eigenvalue weighted by atomic mass is 35.5. The van der Waals surface area contributed by atoms with E-state index in [0.29, 0.717) is 28.8 Å². The Balaban J connectivity index is 2.48. The minimum atomic E-state index is -3.61. The van der Waals surface area contributed by atoms with Gasteiger partial charge in [-0.2, -0.15) is 0 Å². The molecule has 0 heterocycles. The summed E-state index contributed by atoms with van der Waals surface area (Å²) in [5.74, 6) is -0.361. The molecule has 28 heavy (non-hydrogen) atoms. The first-order valence-corrected chi connectivity index (χ1v) is 11.7. The van der Waals surface area contributed by atoms with Crippen LogP contribution >= 0.6 is 30.8 Å². The van der Waals surface area contributed by atoms with E-state index in [1.165, 1.54) is 0 Å². The van der Waals surface area contributed by atoms with Gasteiger partial charge in [-0.15, -0.1) is 0 Å². The highest BCUT2D eigenvalue weighted by Crippen LogP contribution is 2.62. The molecular formula is C21H28Cl2NO3P. The molecule has 2 rings (SSSR count). The Kier molecular flexibility index (Phi) is 8.85. The summed E-state index contributed by atoms with van der Waals surface area (Å²) >= 11 is 12.5. The zero-order chi connectivity index (χ0) is 20.7. The molecule has 0 aliphatic heterocycles. The van der Waals surface area contributed by atoms with Gasteiger partial charge in [-0.3, -0.25) is 4.57 Å². The maximum atomic E-state index is 14.0. The molecule has 0 amide bonds. The summed E-state index contributed by atoms with van der Waals surface area (Å²) in [4.78, 5) is 0. The van der Waals surface area contributed by atoms with Crippen LogP contribution in [0.3, 0.4) is 0 Å². The minimum Gasteiger partial charge on any atom is -0.368 e. The molecule has 0 bridgehead atoms. The van der Waals surface area contributed by atoms with Crippen LogP contribution in [0.5, 0.6) is 0 Å². The van der Waals surface area contributed by atoms with Gasteiger partial charge in [0.15, 0.2) is 5.78 Å². The molecule has 1 N–H and O–H groups in total. The second kappa shape index (κ2) is 10.7. The van der Waals surface area contributed by atoms with Crippen LogP contribution in [0, 0.1) is 11.8 Å². The monoisotopic (exact) mass is 443 g/mol. The summed E-state index contributed by atoms with van der Waals surface area (Å²) in [7, 11) is -3.61. The van der Waals surface area contributed by atoms with Crippen molar-refractivity contribution in [1.82, 2.24) is 0 Å². The standard InChI is InChI=1S/C21H28Cl2NO3P/c1-15(2)13-26-28(25,27-14-16(3)4)21(24-18-8-6-5-7-9-18)19-11-10-17(22)12-20(19)23/h5-12,15-16,21,24H,13-14H2,1-4H3. The number of hydrogen-bond donors (Lipinski definition) is 1. The first-order chi connectivity index (χ1) is 13.2. The van der Waals surface area contributed by atoms with Crippen molar-refractivity contribution in [3.63, 3.8) is 0 Å². The summed E-state index contributed by atoms with van der Waals surface area (Å²) in [6.07, 6.45) is 0. The van der Waals surface area contributed by atoms with Crippen LogP contribution in [0.15, 0.2) is 48.5 Å². The van der Waals surface area contributed by atoms with Crippen LogP contribution < -0.4 is 5.32 Å². The van der Waals surface area contributed by atoms with Crippen molar-refractivity contribution >= 4 is 36.5 Å². The number of rotatable bonds is 10. The van der Waals surface area contributed by atoms with Crippen molar-refractivity contribution in [2.45, 2.75) is 33.5 Å². The highest BCUT2D eigenvalue weighted by Gasteiger charge is 2.39. The number of nitrogens with one attached hydrogen (secondary N) is 1. The third-order valence-corrected chi connectivity index (χ3v) is 6.45. The topological polar surface area (TPSA) is 47.6 Å². The lowest BCUT2D eigenvalue weighted by Gasteiger charge is -2.30. The number of benzene rings is 2. The first-order valence-electron chi connectivity index (χ1n) is 9.36. The van der Waals surface area contributed by atoms with Crippen LogP contribution in [0.1, 0.15) is 39.0 Å². The predicted molar refractivity (Wildman–Crippen MR) is 118 cm³/mol. The Morgan fingerprint density at radius 1 is 0.929 bits per heavy atom. The fourth-order valence-electron chi connectivity index (χ4n) is 2.43. The van der Waals surface area contributed by atoms with E-state index in [-0.39, 0.29) is 11.8 Å². The molecule has 0 saturated heterocycles. The van der Waals surface area contributed by atoms with Gasteiger partial charge in [0.05, 0.1) is 13.2 Å². The summed E-state index contributed by atoms with van der Waals surface area (Å²) in [6.45, 7) is 8.63. The molecule has 4 nitrogen and oxygen atoms in total. The second-order valence-corrected chi connectivity index (χ2v) is 10.5. The molecule has 0 aliphatic carbocycles. The average Bonchev–Trinajstić information content (AvgIpc) is 2.64. The van der Waals surface area contributed by atoms with Crippen molar-refractivity contribution in [2.24, 2.45) is 11.8 Å². The lowest BCUT2D eigenvalue weighted by molar-refractivity contribution is 0.168. The molecule has 2 aromatic rings. The number of halogens is 2. The van der Waals surface area contributed by atoms with Crippen LogP contribution in [0.4, 0.5) is 5.69 Å². The molecule has 1 atom stereocenters. The molecular weight excluding hydrogens is 416 g/mol. The third kappa shape index (κ3) is 6.79. The number of hydrogen-bond acceptors (Lipinski definition) is 4. The largest absolute Gasteiger partial charge is 0.368 e. The van der Waals surface area contributed by atoms with Gasteiger partial charge in [-0.1, -0.05) is 75.2 Å². The maximum Gasteiger partial charge on any atom is 0.357 e. The number of para-hydroxylation sites is 1. The van der Waals surface area contributed by atoms with Crippen molar-refractivity contribution < 1.29 is 13.6 Å². The Morgan fingerprint density at radius 2 is 1.50 bits per heavy atom. The summed E-state index contributed by atoms with van der Waals surface area (Å²) in [5, 5.41) is 4.22. The molecule has 0 fully saturated rings. The summed E-state index contributed by atoms with van der Waals surface area (Å²) < 4.78 is 25.8. The van der Waals surface area contributed by atoms with Crippen molar-refractivity contribution in [3.05, 3.63) is 64.1 Å². The molecule has 154 valence electrons. The van der Waals surface area contributed by atoms with E-state index in [9.17, 15) is 4.57 Å².